The Hall–Kier alpha value is -0.750. The largest absolute Gasteiger partial charge is 0.356 e. The van der Waals surface area contributed by atoms with E-state index in [1.807, 2.05) is 7.05 Å². The van der Waals surface area contributed by atoms with Crippen molar-refractivity contribution in [1.82, 2.24) is 15.2 Å². The van der Waals surface area contributed by atoms with Gasteiger partial charge in [-0.1, -0.05) is 20.8 Å². The van der Waals surface area contributed by atoms with E-state index in [-0.39, 0.29) is 0 Å². The van der Waals surface area contributed by atoms with Gasteiger partial charge in [-0.15, -0.1) is 11.3 Å². The zero-order chi connectivity index (χ0) is 15.9. The highest BCUT2D eigenvalue weighted by molar-refractivity contribution is 8.00. The van der Waals surface area contributed by atoms with Gasteiger partial charge < -0.3 is 10.2 Å². The lowest BCUT2D eigenvalue weighted by Gasteiger charge is -2.34. The van der Waals surface area contributed by atoms with Crippen LogP contribution in [-0.2, 0) is 6.42 Å². The monoisotopic (exact) mass is 340 g/mol. The quantitative estimate of drug-likeness (QED) is 0.660. The molecular weight excluding hydrogens is 312 g/mol. The van der Waals surface area contributed by atoms with Crippen molar-refractivity contribution in [3.63, 3.8) is 0 Å². The highest BCUT2D eigenvalue weighted by Crippen LogP contribution is 2.21. The third-order valence-electron chi connectivity index (χ3n) is 3.83. The average Bonchev–Trinajstić information content (AvgIpc) is 3.01. The first-order chi connectivity index (χ1) is 10.6. The van der Waals surface area contributed by atoms with Gasteiger partial charge in [0.15, 0.2) is 5.96 Å². The topological polar surface area (TPSA) is 40.5 Å². The number of rotatable bonds is 5. The molecular formula is C16H28N4S2. The van der Waals surface area contributed by atoms with Crippen LogP contribution in [-0.4, -0.2) is 53.5 Å². The van der Waals surface area contributed by atoms with Gasteiger partial charge in [0.2, 0.25) is 0 Å². The van der Waals surface area contributed by atoms with Gasteiger partial charge in [-0.2, -0.15) is 11.8 Å². The first kappa shape index (κ1) is 17.6. The first-order valence-corrected chi connectivity index (χ1v) is 10.1. The van der Waals surface area contributed by atoms with E-state index in [1.165, 1.54) is 22.9 Å². The SMILES string of the molecule is CCC1CN(C(=NC)NCCc2csc(C(C)C)n2)CCS1. The molecule has 4 nitrogen and oxygen atoms in total. The van der Waals surface area contributed by atoms with Crippen molar-refractivity contribution >= 4 is 29.1 Å². The third kappa shape index (κ3) is 4.88. The van der Waals surface area contributed by atoms with Crippen molar-refractivity contribution < 1.29 is 0 Å². The van der Waals surface area contributed by atoms with Crippen molar-refractivity contribution in [2.24, 2.45) is 4.99 Å². The number of nitrogens with one attached hydrogen (secondary N) is 1. The second kappa shape index (κ2) is 8.77. The molecule has 2 rings (SSSR count). The van der Waals surface area contributed by atoms with E-state index in [1.54, 1.807) is 11.3 Å². The second-order valence-electron chi connectivity index (χ2n) is 5.90. The smallest absolute Gasteiger partial charge is 0.193 e. The summed E-state index contributed by atoms with van der Waals surface area (Å²) < 4.78 is 0. The zero-order valence-corrected chi connectivity index (χ0v) is 15.8. The molecule has 0 amide bonds. The Morgan fingerprint density at radius 1 is 1.55 bits per heavy atom. The molecule has 1 aliphatic rings. The lowest BCUT2D eigenvalue weighted by molar-refractivity contribution is 0.408. The van der Waals surface area contributed by atoms with E-state index in [2.05, 4.69) is 53.1 Å². The Balaban J connectivity index is 1.81. The number of nitrogens with zero attached hydrogens (tertiary/aromatic N) is 3. The molecule has 0 aliphatic carbocycles. The summed E-state index contributed by atoms with van der Waals surface area (Å²) in [4.78, 5) is 11.5. The van der Waals surface area contributed by atoms with E-state index in [9.17, 15) is 0 Å². The molecule has 1 unspecified atom stereocenters. The van der Waals surface area contributed by atoms with Crippen LogP contribution in [0.15, 0.2) is 10.4 Å². The van der Waals surface area contributed by atoms with Crippen molar-refractivity contribution in [3.05, 3.63) is 16.1 Å². The second-order valence-corrected chi connectivity index (χ2v) is 8.20. The van der Waals surface area contributed by atoms with Crippen molar-refractivity contribution in [2.45, 2.75) is 44.8 Å². The van der Waals surface area contributed by atoms with Gasteiger partial charge in [0.25, 0.3) is 0 Å². The van der Waals surface area contributed by atoms with Crippen LogP contribution in [0.1, 0.15) is 43.8 Å². The minimum absolute atomic E-state index is 0.524. The molecule has 1 saturated heterocycles. The summed E-state index contributed by atoms with van der Waals surface area (Å²) >= 11 is 3.86. The van der Waals surface area contributed by atoms with Crippen LogP contribution in [0.2, 0.25) is 0 Å². The Bertz CT molecular complexity index is 484. The van der Waals surface area contributed by atoms with Crippen molar-refractivity contribution in [3.8, 4) is 0 Å². The number of thiazole rings is 1. The molecule has 0 radical (unpaired) electrons. The van der Waals surface area contributed by atoms with E-state index in [4.69, 9.17) is 4.98 Å². The maximum absolute atomic E-state index is 4.69. The van der Waals surface area contributed by atoms with Crippen LogP contribution in [0.25, 0.3) is 0 Å². The van der Waals surface area contributed by atoms with Crippen molar-refractivity contribution in [2.75, 3.05) is 32.4 Å². The molecule has 1 aromatic rings. The van der Waals surface area contributed by atoms with Crippen LogP contribution >= 0.6 is 23.1 Å². The van der Waals surface area contributed by atoms with Gasteiger partial charge >= 0.3 is 0 Å². The molecule has 124 valence electrons. The summed E-state index contributed by atoms with van der Waals surface area (Å²) in [6.45, 7) is 9.76. The van der Waals surface area contributed by atoms with Gasteiger partial charge in [0.05, 0.1) is 10.7 Å². The van der Waals surface area contributed by atoms with Gasteiger partial charge in [0, 0.05) is 55.4 Å². The number of hydrogen-bond donors (Lipinski definition) is 1. The van der Waals surface area contributed by atoms with E-state index >= 15 is 0 Å². The minimum atomic E-state index is 0.524. The predicted molar refractivity (Wildman–Crippen MR) is 99.4 cm³/mol. The summed E-state index contributed by atoms with van der Waals surface area (Å²) in [5, 5.41) is 7.66. The number of aromatic nitrogens is 1. The summed E-state index contributed by atoms with van der Waals surface area (Å²) in [6, 6.07) is 0. The number of guanidine groups is 1. The molecule has 0 saturated carbocycles. The molecule has 22 heavy (non-hydrogen) atoms. The molecule has 1 N–H and O–H groups in total. The fourth-order valence-electron chi connectivity index (χ4n) is 2.50. The van der Waals surface area contributed by atoms with Crippen LogP contribution in [0.3, 0.4) is 0 Å². The van der Waals surface area contributed by atoms with Gasteiger partial charge in [0.1, 0.15) is 0 Å². The standard InChI is InChI=1S/C16H28N4S2/c1-5-14-10-20(8-9-21-14)16(17-4)18-7-6-13-11-22-15(19-13)12(2)3/h11-12,14H,5-10H2,1-4H3,(H,17,18). The molecule has 1 atom stereocenters. The molecule has 1 aromatic heterocycles. The molecule has 0 spiro atoms. The van der Waals surface area contributed by atoms with Crippen LogP contribution in [0.4, 0.5) is 0 Å². The van der Waals surface area contributed by atoms with E-state index in [0.717, 1.165) is 37.3 Å². The zero-order valence-electron chi connectivity index (χ0n) is 14.1. The maximum Gasteiger partial charge on any atom is 0.193 e. The van der Waals surface area contributed by atoms with E-state index < -0.39 is 0 Å². The van der Waals surface area contributed by atoms with Crippen molar-refractivity contribution in [1.29, 1.82) is 0 Å². The van der Waals surface area contributed by atoms with Gasteiger partial charge in [-0.3, -0.25) is 4.99 Å². The predicted octanol–water partition coefficient (Wildman–Crippen LogP) is 3.21. The fraction of sp³-hybridized carbons (Fsp3) is 0.750. The van der Waals surface area contributed by atoms with Gasteiger partial charge in [-0.05, 0) is 6.42 Å². The van der Waals surface area contributed by atoms with Crippen LogP contribution in [0.5, 0.6) is 0 Å². The Morgan fingerprint density at radius 2 is 2.36 bits per heavy atom. The molecule has 0 bridgehead atoms. The lowest BCUT2D eigenvalue weighted by atomic mass is 10.2. The number of aliphatic imine (C=N–C) groups is 1. The average molecular weight is 341 g/mol. The van der Waals surface area contributed by atoms with Gasteiger partial charge in [-0.25, -0.2) is 4.98 Å². The third-order valence-corrected chi connectivity index (χ3v) is 6.40. The number of hydrogen-bond acceptors (Lipinski definition) is 4. The Kier molecular flexibility index (Phi) is 7.02. The fourth-order valence-corrected chi connectivity index (χ4v) is 4.55. The molecule has 1 fully saturated rings. The summed E-state index contributed by atoms with van der Waals surface area (Å²) in [5.41, 5.74) is 1.19. The minimum Gasteiger partial charge on any atom is -0.356 e. The normalized spacial score (nSPS) is 19.8. The van der Waals surface area contributed by atoms with E-state index in [0.29, 0.717) is 5.92 Å². The summed E-state index contributed by atoms with van der Waals surface area (Å²) in [7, 11) is 1.88. The number of thioether (sulfide) groups is 1. The maximum atomic E-state index is 4.69. The molecule has 2 heterocycles. The van der Waals surface area contributed by atoms with Crippen LogP contribution < -0.4 is 5.32 Å². The Labute approximate surface area is 142 Å². The first-order valence-electron chi connectivity index (χ1n) is 8.15. The summed E-state index contributed by atoms with van der Waals surface area (Å²) in [5.74, 6) is 2.76. The molecule has 0 aromatic carbocycles. The molecule has 6 heteroatoms. The highest BCUT2D eigenvalue weighted by Gasteiger charge is 2.21. The highest BCUT2D eigenvalue weighted by atomic mass is 32.2. The van der Waals surface area contributed by atoms with Crippen LogP contribution in [0, 0.1) is 0 Å². The molecule has 1 aliphatic heterocycles. The summed E-state index contributed by atoms with van der Waals surface area (Å²) in [6.07, 6.45) is 2.19. The lowest BCUT2D eigenvalue weighted by Crippen LogP contribution is -2.48. The Morgan fingerprint density at radius 3 is 3.00 bits per heavy atom.